The summed E-state index contributed by atoms with van der Waals surface area (Å²) in [5, 5.41) is 12.9. The molecule has 0 spiro atoms. The molecule has 0 bridgehead atoms. The maximum Gasteiger partial charge on any atom is 0.321 e. The van der Waals surface area contributed by atoms with E-state index in [-0.39, 0.29) is 0 Å². The number of carbonyl (C=O) groups is 1. The predicted molar refractivity (Wildman–Crippen MR) is 85.3 cm³/mol. The van der Waals surface area contributed by atoms with Crippen LogP contribution in [0, 0.1) is 11.8 Å². The molecular weight excluding hydrogens is 262 g/mol. The zero-order valence-electron chi connectivity index (χ0n) is 13.1. The average Bonchev–Trinajstić information content (AvgIpc) is 2.48. The molecule has 0 heterocycles. The van der Waals surface area contributed by atoms with E-state index in [1.54, 1.807) is 0 Å². The van der Waals surface area contributed by atoms with Crippen molar-refractivity contribution in [2.45, 2.75) is 58.0 Å². The monoisotopic (exact) mass is 289 g/mol. The minimum absolute atomic E-state index is 0.343. The number of benzene rings is 1. The van der Waals surface area contributed by atoms with Crippen LogP contribution in [-0.4, -0.2) is 23.2 Å². The van der Waals surface area contributed by atoms with Crippen molar-refractivity contribution in [3.63, 3.8) is 0 Å². The van der Waals surface area contributed by atoms with E-state index in [4.69, 9.17) is 0 Å². The van der Waals surface area contributed by atoms with E-state index in [0.717, 1.165) is 24.3 Å². The maximum absolute atomic E-state index is 11.5. The normalized spacial score (nSPS) is 24.0. The topological polar surface area (TPSA) is 49.3 Å². The van der Waals surface area contributed by atoms with Crippen molar-refractivity contribution in [3.8, 4) is 0 Å². The van der Waals surface area contributed by atoms with Crippen molar-refractivity contribution in [3.05, 3.63) is 35.9 Å². The number of hydrogen-bond donors (Lipinski definition) is 2. The van der Waals surface area contributed by atoms with Gasteiger partial charge in [-0.05, 0) is 36.7 Å². The van der Waals surface area contributed by atoms with Crippen LogP contribution in [0.3, 0.4) is 0 Å². The van der Waals surface area contributed by atoms with E-state index < -0.39 is 12.0 Å². The lowest BCUT2D eigenvalue weighted by molar-refractivity contribution is -0.139. The molecule has 1 aromatic carbocycles. The molecule has 0 radical (unpaired) electrons. The van der Waals surface area contributed by atoms with E-state index >= 15 is 0 Å². The highest BCUT2D eigenvalue weighted by Gasteiger charge is 2.28. The van der Waals surface area contributed by atoms with Crippen LogP contribution in [0.1, 0.15) is 45.1 Å². The first-order chi connectivity index (χ1) is 10.1. The molecule has 21 heavy (non-hydrogen) atoms. The van der Waals surface area contributed by atoms with Gasteiger partial charge < -0.3 is 10.4 Å². The second kappa shape index (κ2) is 7.60. The van der Waals surface area contributed by atoms with Gasteiger partial charge in [-0.2, -0.15) is 0 Å². The van der Waals surface area contributed by atoms with E-state index in [2.05, 4.69) is 19.2 Å². The van der Waals surface area contributed by atoms with Crippen molar-refractivity contribution in [1.29, 1.82) is 0 Å². The number of nitrogens with one attached hydrogen (secondary N) is 1. The Morgan fingerprint density at radius 3 is 2.62 bits per heavy atom. The molecule has 1 fully saturated rings. The summed E-state index contributed by atoms with van der Waals surface area (Å²) in [5.41, 5.74) is 1.08. The molecule has 1 aromatic rings. The number of rotatable bonds is 6. The zero-order valence-corrected chi connectivity index (χ0v) is 13.1. The minimum Gasteiger partial charge on any atom is -0.480 e. The van der Waals surface area contributed by atoms with Gasteiger partial charge in [-0.25, -0.2) is 0 Å². The van der Waals surface area contributed by atoms with Crippen LogP contribution < -0.4 is 5.32 Å². The van der Waals surface area contributed by atoms with Crippen LogP contribution in [0.5, 0.6) is 0 Å². The molecule has 0 saturated heterocycles. The van der Waals surface area contributed by atoms with Gasteiger partial charge in [-0.1, -0.05) is 57.0 Å². The average molecular weight is 289 g/mol. The lowest BCUT2D eigenvalue weighted by Gasteiger charge is -2.33. The highest BCUT2D eigenvalue weighted by molar-refractivity contribution is 5.74. The van der Waals surface area contributed by atoms with Crippen molar-refractivity contribution >= 4 is 5.97 Å². The smallest absolute Gasteiger partial charge is 0.321 e. The summed E-state index contributed by atoms with van der Waals surface area (Å²) < 4.78 is 0. The Morgan fingerprint density at radius 2 is 2.00 bits per heavy atom. The van der Waals surface area contributed by atoms with E-state index in [0.29, 0.717) is 18.4 Å². The van der Waals surface area contributed by atoms with Crippen molar-refractivity contribution in [1.82, 2.24) is 5.32 Å². The third kappa shape index (κ3) is 4.85. The van der Waals surface area contributed by atoms with Gasteiger partial charge in [0, 0.05) is 6.04 Å². The van der Waals surface area contributed by atoms with Gasteiger partial charge in [0.1, 0.15) is 6.04 Å². The van der Waals surface area contributed by atoms with Crippen LogP contribution in [-0.2, 0) is 11.2 Å². The fourth-order valence-corrected chi connectivity index (χ4v) is 3.34. The summed E-state index contributed by atoms with van der Waals surface area (Å²) >= 11 is 0. The molecule has 1 aliphatic rings. The van der Waals surface area contributed by atoms with Crippen LogP contribution in [0.2, 0.25) is 0 Å². The lowest BCUT2D eigenvalue weighted by atomic mass is 9.79. The summed E-state index contributed by atoms with van der Waals surface area (Å²) in [5.74, 6) is 0.667. The molecule has 2 unspecified atom stereocenters. The van der Waals surface area contributed by atoms with Crippen LogP contribution in [0.15, 0.2) is 30.3 Å². The number of hydrogen-bond acceptors (Lipinski definition) is 2. The Morgan fingerprint density at radius 1 is 1.29 bits per heavy atom. The minimum atomic E-state index is -0.745. The third-order valence-corrected chi connectivity index (χ3v) is 4.68. The Balaban J connectivity index is 1.95. The second-order valence-corrected chi connectivity index (χ2v) is 6.61. The van der Waals surface area contributed by atoms with Gasteiger partial charge in [0.25, 0.3) is 0 Å². The van der Waals surface area contributed by atoms with E-state index in [1.165, 1.54) is 12.8 Å². The summed E-state index contributed by atoms with van der Waals surface area (Å²) in [6.45, 7) is 4.54. The van der Waals surface area contributed by atoms with Crippen molar-refractivity contribution in [2.75, 3.05) is 0 Å². The summed E-state index contributed by atoms with van der Waals surface area (Å²) in [6.07, 6.45) is 5.25. The summed E-state index contributed by atoms with van der Waals surface area (Å²) in [4.78, 5) is 11.5. The Kier molecular flexibility index (Phi) is 5.80. The maximum atomic E-state index is 11.5. The lowest BCUT2D eigenvalue weighted by Crippen LogP contribution is -2.46. The molecule has 3 nitrogen and oxygen atoms in total. The highest BCUT2D eigenvalue weighted by Crippen LogP contribution is 2.30. The van der Waals surface area contributed by atoms with Gasteiger partial charge in [-0.15, -0.1) is 0 Å². The largest absolute Gasteiger partial charge is 0.480 e. The second-order valence-electron chi connectivity index (χ2n) is 6.61. The van der Waals surface area contributed by atoms with E-state index in [1.807, 2.05) is 30.3 Å². The highest BCUT2D eigenvalue weighted by atomic mass is 16.4. The fraction of sp³-hybridized carbons (Fsp3) is 0.611. The molecule has 116 valence electrons. The molecule has 2 N–H and O–H groups in total. The van der Waals surface area contributed by atoms with Gasteiger partial charge >= 0.3 is 5.97 Å². The van der Waals surface area contributed by atoms with Gasteiger partial charge in [0.15, 0.2) is 0 Å². The van der Waals surface area contributed by atoms with Crippen LogP contribution >= 0.6 is 0 Å². The molecule has 1 aliphatic carbocycles. The Bertz CT molecular complexity index is 444. The first-order valence-corrected chi connectivity index (χ1v) is 8.09. The van der Waals surface area contributed by atoms with Crippen LogP contribution in [0.4, 0.5) is 0 Å². The number of carboxylic acid groups (broad SMARTS) is 1. The first-order valence-electron chi connectivity index (χ1n) is 8.09. The van der Waals surface area contributed by atoms with E-state index in [9.17, 15) is 9.90 Å². The molecule has 0 amide bonds. The van der Waals surface area contributed by atoms with Gasteiger partial charge in [0.05, 0.1) is 0 Å². The fourth-order valence-electron chi connectivity index (χ4n) is 3.34. The molecule has 0 aromatic heterocycles. The molecule has 2 rings (SSSR count). The summed E-state index contributed by atoms with van der Waals surface area (Å²) in [7, 11) is 0. The van der Waals surface area contributed by atoms with Crippen LogP contribution in [0.25, 0.3) is 0 Å². The molecular formula is C18H27NO2. The molecule has 3 atom stereocenters. The molecule has 0 aliphatic heterocycles. The molecule has 3 heteroatoms. The quantitative estimate of drug-likeness (QED) is 0.843. The summed E-state index contributed by atoms with van der Waals surface area (Å²) in [6, 6.07) is 9.73. The Labute approximate surface area is 127 Å². The van der Waals surface area contributed by atoms with Gasteiger partial charge in [0.2, 0.25) is 0 Å². The SMILES string of the molecule is CC(C)C1CCCC(N[C@@H](Cc2ccccc2)C(=O)O)C1. The first kappa shape index (κ1) is 16.0. The molecule has 1 saturated carbocycles. The third-order valence-electron chi connectivity index (χ3n) is 4.68. The van der Waals surface area contributed by atoms with Gasteiger partial charge in [-0.3, -0.25) is 4.79 Å². The van der Waals surface area contributed by atoms with Crippen molar-refractivity contribution < 1.29 is 9.90 Å². The predicted octanol–water partition coefficient (Wildman–Crippen LogP) is 3.49. The van der Waals surface area contributed by atoms with Crippen molar-refractivity contribution in [2.24, 2.45) is 11.8 Å². The number of carboxylic acids is 1. The zero-order chi connectivity index (χ0) is 15.2. The number of aliphatic carboxylic acids is 1. The Hall–Kier alpha value is -1.35. The standard InChI is InChI=1S/C18H27NO2/c1-13(2)15-9-6-10-16(12-15)19-17(18(20)21)11-14-7-4-3-5-8-14/h3-5,7-8,13,15-17,19H,6,9-12H2,1-2H3,(H,20,21)/t15?,16?,17-/m0/s1.